The van der Waals surface area contributed by atoms with E-state index in [0.29, 0.717) is 38.3 Å². The van der Waals surface area contributed by atoms with Gasteiger partial charge in [-0.05, 0) is 59.0 Å². The van der Waals surface area contributed by atoms with Crippen LogP contribution in [0.5, 0.6) is 11.5 Å². The number of hydrogen-bond donors (Lipinski definition) is 1. The Balaban J connectivity index is 1.18. The molecule has 9 heteroatoms. The van der Waals surface area contributed by atoms with Crippen LogP contribution in [0.4, 0.5) is 0 Å². The Hall–Kier alpha value is -2.59. The summed E-state index contributed by atoms with van der Waals surface area (Å²) in [6, 6.07) is 8.15. The standard InChI is InChI=1S/C26H32N2O6S/c29-10-1-2-11-31-25-15-21(20-5-12-35-17-20)14-24(34-25)26(30)28-8-6-27(7-9-28)16-19-3-4-22-23(13-19)33-18-32-22/h3-5,12-14,17,21,25,29H,1-2,6-11,15-16,18H2/t21-,25+/m1/s1. The number of rotatable bonds is 9. The first kappa shape index (κ1) is 24.1. The van der Waals surface area contributed by atoms with E-state index in [9.17, 15) is 4.79 Å². The summed E-state index contributed by atoms with van der Waals surface area (Å²) in [5.41, 5.74) is 2.35. The maximum atomic E-state index is 13.4. The van der Waals surface area contributed by atoms with Crippen LogP contribution in [0.1, 0.15) is 36.3 Å². The van der Waals surface area contributed by atoms with Gasteiger partial charge in [0.25, 0.3) is 5.91 Å². The fourth-order valence-corrected chi connectivity index (χ4v) is 5.34. The first-order valence-corrected chi connectivity index (χ1v) is 13.2. The van der Waals surface area contributed by atoms with Crippen LogP contribution in [0, 0.1) is 0 Å². The van der Waals surface area contributed by atoms with Gasteiger partial charge in [0.15, 0.2) is 17.3 Å². The first-order chi connectivity index (χ1) is 17.2. The number of hydrogen-bond acceptors (Lipinski definition) is 8. The minimum absolute atomic E-state index is 0.0726. The number of amides is 1. The second-order valence-corrected chi connectivity index (χ2v) is 9.81. The Morgan fingerprint density at radius 3 is 2.77 bits per heavy atom. The largest absolute Gasteiger partial charge is 0.459 e. The van der Waals surface area contributed by atoms with Gasteiger partial charge in [0, 0.05) is 51.7 Å². The van der Waals surface area contributed by atoms with Crippen LogP contribution in [0.3, 0.4) is 0 Å². The summed E-state index contributed by atoms with van der Waals surface area (Å²) in [4.78, 5) is 17.6. The summed E-state index contributed by atoms with van der Waals surface area (Å²) < 4.78 is 22.8. The molecule has 1 aromatic heterocycles. The second-order valence-electron chi connectivity index (χ2n) is 9.03. The van der Waals surface area contributed by atoms with Crippen molar-refractivity contribution in [3.63, 3.8) is 0 Å². The summed E-state index contributed by atoms with van der Waals surface area (Å²) in [6.45, 7) is 4.62. The number of aliphatic hydroxyl groups excluding tert-OH is 1. The molecule has 3 aliphatic rings. The summed E-state index contributed by atoms with van der Waals surface area (Å²) >= 11 is 1.65. The smallest absolute Gasteiger partial charge is 0.288 e. The third kappa shape index (κ3) is 5.98. The lowest BCUT2D eigenvalue weighted by Crippen LogP contribution is -2.49. The minimum atomic E-state index is -0.463. The normalized spacial score (nSPS) is 22.1. The van der Waals surface area contributed by atoms with E-state index in [0.717, 1.165) is 37.6 Å². The van der Waals surface area contributed by atoms with Crippen LogP contribution in [-0.2, 0) is 20.8 Å². The molecule has 1 N–H and O–H groups in total. The summed E-state index contributed by atoms with van der Waals surface area (Å²) in [6.07, 6.45) is 3.62. The summed E-state index contributed by atoms with van der Waals surface area (Å²) in [5.74, 6) is 1.98. The Labute approximate surface area is 209 Å². The molecule has 35 heavy (non-hydrogen) atoms. The number of ether oxygens (including phenoxy) is 4. The number of unbranched alkanes of at least 4 members (excludes halogenated alkanes) is 1. The first-order valence-electron chi connectivity index (χ1n) is 12.2. The van der Waals surface area contributed by atoms with E-state index in [1.54, 1.807) is 11.3 Å². The van der Waals surface area contributed by atoms with Crippen molar-refractivity contribution in [1.82, 2.24) is 9.80 Å². The average Bonchev–Trinajstić information content (AvgIpc) is 3.59. The molecule has 0 unspecified atom stereocenters. The van der Waals surface area contributed by atoms with Crippen molar-refractivity contribution >= 4 is 17.2 Å². The third-order valence-electron chi connectivity index (χ3n) is 6.60. The van der Waals surface area contributed by atoms with Crippen molar-refractivity contribution in [2.75, 3.05) is 46.2 Å². The highest BCUT2D eigenvalue weighted by molar-refractivity contribution is 7.08. The van der Waals surface area contributed by atoms with Gasteiger partial charge >= 0.3 is 0 Å². The zero-order valence-corrected chi connectivity index (χ0v) is 20.6. The van der Waals surface area contributed by atoms with Gasteiger partial charge in [0.2, 0.25) is 13.1 Å². The molecule has 2 atom stereocenters. The van der Waals surface area contributed by atoms with Crippen molar-refractivity contribution in [3.05, 3.63) is 58.0 Å². The molecule has 4 heterocycles. The quantitative estimate of drug-likeness (QED) is 0.529. The van der Waals surface area contributed by atoms with Crippen LogP contribution in [0.15, 0.2) is 46.9 Å². The number of aliphatic hydroxyl groups is 1. The number of carbonyl (C=O) groups excluding carboxylic acids is 1. The number of fused-ring (bicyclic) bond motifs is 1. The lowest BCUT2D eigenvalue weighted by atomic mass is 9.95. The van der Waals surface area contributed by atoms with Crippen LogP contribution >= 0.6 is 11.3 Å². The summed E-state index contributed by atoms with van der Waals surface area (Å²) in [5, 5.41) is 13.2. The van der Waals surface area contributed by atoms with Crippen LogP contribution in [0.25, 0.3) is 0 Å². The highest BCUT2D eigenvalue weighted by Gasteiger charge is 2.32. The molecule has 1 fully saturated rings. The number of piperazine rings is 1. The maximum Gasteiger partial charge on any atom is 0.288 e. The van der Waals surface area contributed by atoms with Crippen molar-refractivity contribution in [1.29, 1.82) is 0 Å². The van der Waals surface area contributed by atoms with Gasteiger partial charge in [-0.15, -0.1) is 0 Å². The third-order valence-corrected chi connectivity index (χ3v) is 7.30. The van der Waals surface area contributed by atoms with Crippen LogP contribution < -0.4 is 9.47 Å². The highest BCUT2D eigenvalue weighted by Crippen LogP contribution is 2.34. The number of nitrogens with zero attached hydrogens (tertiary/aromatic N) is 2. The molecule has 188 valence electrons. The van der Waals surface area contributed by atoms with E-state index >= 15 is 0 Å². The molecule has 0 spiro atoms. The fraction of sp³-hybridized carbons (Fsp3) is 0.500. The number of benzene rings is 1. The molecule has 0 bridgehead atoms. The Bertz CT molecular complexity index is 1020. The van der Waals surface area contributed by atoms with E-state index in [1.807, 2.05) is 23.1 Å². The van der Waals surface area contributed by atoms with Gasteiger partial charge in [0.1, 0.15) is 0 Å². The SMILES string of the molecule is O=C(C1=C[C@@H](c2ccsc2)C[C@@H](OCCCCO)O1)N1CCN(Cc2ccc3c(c2)OCO3)CC1. The molecule has 3 aliphatic heterocycles. The monoisotopic (exact) mass is 500 g/mol. The minimum Gasteiger partial charge on any atom is -0.459 e. The van der Waals surface area contributed by atoms with E-state index in [4.69, 9.17) is 24.1 Å². The molecule has 1 amide bonds. The maximum absolute atomic E-state index is 13.4. The van der Waals surface area contributed by atoms with Crippen molar-refractivity contribution in [3.8, 4) is 11.5 Å². The van der Waals surface area contributed by atoms with E-state index in [-0.39, 0.29) is 25.2 Å². The molecular weight excluding hydrogens is 468 g/mol. The number of allylic oxidation sites excluding steroid dienone is 1. The zero-order chi connectivity index (χ0) is 24.0. The number of thiophene rings is 1. The topological polar surface area (TPSA) is 80.7 Å². The van der Waals surface area contributed by atoms with Crippen molar-refractivity contribution in [2.24, 2.45) is 0 Å². The van der Waals surface area contributed by atoms with Gasteiger partial charge in [-0.3, -0.25) is 9.69 Å². The zero-order valence-electron chi connectivity index (χ0n) is 19.8. The van der Waals surface area contributed by atoms with Gasteiger partial charge in [0.05, 0.1) is 6.61 Å². The predicted octanol–water partition coefficient (Wildman–Crippen LogP) is 3.32. The van der Waals surface area contributed by atoms with Crippen molar-refractivity contribution < 1.29 is 28.8 Å². The fourth-order valence-electron chi connectivity index (χ4n) is 4.62. The lowest BCUT2D eigenvalue weighted by molar-refractivity contribution is -0.154. The van der Waals surface area contributed by atoms with Crippen molar-refractivity contribution in [2.45, 2.75) is 38.0 Å². The molecule has 1 aromatic carbocycles. The molecule has 0 radical (unpaired) electrons. The molecular formula is C26H32N2O6S. The van der Waals surface area contributed by atoms with E-state index in [2.05, 4.69) is 27.8 Å². The van der Waals surface area contributed by atoms with Gasteiger partial charge in [-0.25, -0.2) is 0 Å². The number of carbonyl (C=O) groups is 1. The molecule has 0 saturated carbocycles. The van der Waals surface area contributed by atoms with Gasteiger partial charge in [-0.1, -0.05) is 6.07 Å². The Morgan fingerprint density at radius 1 is 1.11 bits per heavy atom. The molecule has 0 aliphatic carbocycles. The summed E-state index contributed by atoms with van der Waals surface area (Å²) in [7, 11) is 0. The molecule has 2 aromatic rings. The Kier molecular flexibility index (Phi) is 7.88. The highest BCUT2D eigenvalue weighted by atomic mass is 32.1. The van der Waals surface area contributed by atoms with E-state index in [1.165, 1.54) is 11.1 Å². The average molecular weight is 501 g/mol. The van der Waals surface area contributed by atoms with Crippen LogP contribution in [-0.4, -0.2) is 73.3 Å². The van der Waals surface area contributed by atoms with Gasteiger partial charge in [-0.2, -0.15) is 11.3 Å². The van der Waals surface area contributed by atoms with Gasteiger partial charge < -0.3 is 29.0 Å². The lowest BCUT2D eigenvalue weighted by Gasteiger charge is -2.36. The molecule has 1 saturated heterocycles. The molecule has 5 rings (SSSR count). The second kappa shape index (κ2) is 11.4. The van der Waals surface area contributed by atoms with E-state index < -0.39 is 6.29 Å². The predicted molar refractivity (Wildman–Crippen MR) is 131 cm³/mol. The van der Waals surface area contributed by atoms with Crippen LogP contribution in [0.2, 0.25) is 0 Å². The molecule has 8 nitrogen and oxygen atoms in total. The Morgan fingerprint density at radius 2 is 1.97 bits per heavy atom.